The Balaban J connectivity index is 2.08. The van der Waals surface area contributed by atoms with Gasteiger partial charge in [0.05, 0.1) is 0 Å². The van der Waals surface area contributed by atoms with Gasteiger partial charge in [0, 0.05) is 18.5 Å². The highest BCUT2D eigenvalue weighted by Gasteiger charge is 2.34. The van der Waals surface area contributed by atoms with Crippen LogP contribution in [0.1, 0.15) is 45.4 Å². The summed E-state index contributed by atoms with van der Waals surface area (Å²) in [5, 5.41) is 3.51. The fraction of sp³-hybridized carbons (Fsp3) is 0.909. The molecule has 1 N–H and O–H groups in total. The summed E-state index contributed by atoms with van der Waals surface area (Å²) in [6.45, 7) is 4.55. The Morgan fingerprint density at radius 1 is 1.15 bits per heavy atom. The van der Waals surface area contributed by atoms with Crippen molar-refractivity contribution >= 4 is 5.84 Å². The van der Waals surface area contributed by atoms with Gasteiger partial charge in [-0.1, -0.05) is 19.8 Å². The number of aliphatic imine (C=N–C) groups is 1. The van der Waals surface area contributed by atoms with Crippen LogP contribution in [0.25, 0.3) is 0 Å². The van der Waals surface area contributed by atoms with Gasteiger partial charge < -0.3 is 5.32 Å². The van der Waals surface area contributed by atoms with Crippen molar-refractivity contribution < 1.29 is 0 Å². The second-order valence-corrected chi connectivity index (χ2v) is 4.63. The second-order valence-electron chi connectivity index (χ2n) is 4.63. The summed E-state index contributed by atoms with van der Waals surface area (Å²) in [7, 11) is 0. The maximum absolute atomic E-state index is 4.68. The molecule has 1 fully saturated rings. The summed E-state index contributed by atoms with van der Waals surface area (Å²) in [6.07, 6.45) is 7.97. The van der Waals surface area contributed by atoms with Crippen LogP contribution in [-0.4, -0.2) is 18.9 Å². The number of nitrogens with zero attached hydrogens (tertiary/aromatic N) is 1. The molecular weight excluding hydrogens is 160 g/mol. The van der Waals surface area contributed by atoms with Gasteiger partial charge in [-0.05, 0) is 25.7 Å². The Bertz CT molecular complexity index is 202. The van der Waals surface area contributed by atoms with E-state index in [0.717, 1.165) is 13.1 Å². The SMILES string of the molecule is CC1(C2=NCCCCN2)CCCC1. The van der Waals surface area contributed by atoms with Crippen molar-refractivity contribution in [2.45, 2.75) is 45.4 Å². The highest BCUT2D eigenvalue weighted by Crippen LogP contribution is 2.38. The Labute approximate surface area is 80.8 Å². The summed E-state index contributed by atoms with van der Waals surface area (Å²) in [5.41, 5.74) is 0.393. The van der Waals surface area contributed by atoms with Gasteiger partial charge in [0.1, 0.15) is 5.84 Å². The van der Waals surface area contributed by atoms with E-state index in [1.807, 2.05) is 0 Å². The number of hydrogen-bond acceptors (Lipinski definition) is 2. The number of amidine groups is 1. The zero-order valence-corrected chi connectivity index (χ0v) is 8.60. The van der Waals surface area contributed by atoms with E-state index in [1.165, 1.54) is 44.4 Å². The zero-order valence-electron chi connectivity index (χ0n) is 8.60. The second kappa shape index (κ2) is 3.69. The van der Waals surface area contributed by atoms with Crippen LogP contribution in [-0.2, 0) is 0 Å². The van der Waals surface area contributed by atoms with E-state index in [-0.39, 0.29) is 0 Å². The van der Waals surface area contributed by atoms with Gasteiger partial charge in [-0.15, -0.1) is 0 Å². The third-order valence-corrected chi connectivity index (χ3v) is 3.43. The molecule has 1 heterocycles. The summed E-state index contributed by atoms with van der Waals surface area (Å²) in [5.74, 6) is 1.31. The van der Waals surface area contributed by atoms with Crippen LogP contribution in [0, 0.1) is 5.41 Å². The van der Waals surface area contributed by atoms with E-state index in [9.17, 15) is 0 Å². The molecule has 2 heteroatoms. The molecular formula is C11H20N2. The fourth-order valence-electron chi connectivity index (χ4n) is 2.49. The molecule has 0 aromatic carbocycles. The van der Waals surface area contributed by atoms with E-state index >= 15 is 0 Å². The molecule has 0 aromatic rings. The third-order valence-electron chi connectivity index (χ3n) is 3.43. The zero-order chi connectivity index (χ0) is 9.15. The summed E-state index contributed by atoms with van der Waals surface area (Å²) in [4.78, 5) is 4.68. The lowest BCUT2D eigenvalue weighted by Gasteiger charge is -2.26. The van der Waals surface area contributed by atoms with Crippen LogP contribution in [0.3, 0.4) is 0 Å². The van der Waals surface area contributed by atoms with Crippen molar-refractivity contribution in [2.24, 2.45) is 10.4 Å². The average molecular weight is 180 g/mol. The molecule has 2 aliphatic rings. The number of nitrogens with one attached hydrogen (secondary N) is 1. The molecule has 13 heavy (non-hydrogen) atoms. The molecule has 0 aromatic heterocycles. The normalized spacial score (nSPS) is 27.6. The summed E-state index contributed by atoms with van der Waals surface area (Å²) < 4.78 is 0. The van der Waals surface area contributed by atoms with Crippen LogP contribution < -0.4 is 5.32 Å². The van der Waals surface area contributed by atoms with E-state index in [4.69, 9.17) is 0 Å². The summed E-state index contributed by atoms with van der Waals surface area (Å²) in [6, 6.07) is 0. The van der Waals surface area contributed by atoms with Crippen molar-refractivity contribution in [2.75, 3.05) is 13.1 Å². The lowest BCUT2D eigenvalue weighted by molar-refractivity contribution is 0.470. The van der Waals surface area contributed by atoms with Gasteiger partial charge in [-0.2, -0.15) is 0 Å². The van der Waals surface area contributed by atoms with Gasteiger partial charge in [0.25, 0.3) is 0 Å². The topological polar surface area (TPSA) is 24.4 Å². The highest BCUT2D eigenvalue weighted by atomic mass is 15.0. The van der Waals surface area contributed by atoms with E-state index in [1.54, 1.807) is 0 Å². The van der Waals surface area contributed by atoms with Crippen molar-refractivity contribution in [1.82, 2.24) is 5.32 Å². The lowest BCUT2D eigenvalue weighted by atomic mass is 9.87. The quantitative estimate of drug-likeness (QED) is 0.658. The molecule has 1 saturated carbocycles. The Morgan fingerprint density at radius 3 is 2.69 bits per heavy atom. The molecule has 1 aliphatic carbocycles. The van der Waals surface area contributed by atoms with Crippen LogP contribution in [0.4, 0.5) is 0 Å². The van der Waals surface area contributed by atoms with Gasteiger partial charge in [0.15, 0.2) is 0 Å². The molecule has 74 valence electrons. The van der Waals surface area contributed by atoms with E-state index in [2.05, 4.69) is 17.2 Å². The van der Waals surface area contributed by atoms with Gasteiger partial charge in [-0.3, -0.25) is 4.99 Å². The fourth-order valence-corrected chi connectivity index (χ4v) is 2.49. The maximum atomic E-state index is 4.68. The Kier molecular flexibility index (Phi) is 2.56. The molecule has 1 aliphatic heterocycles. The van der Waals surface area contributed by atoms with Crippen molar-refractivity contribution in [3.63, 3.8) is 0 Å². The minimum Gasteiger partial charge on any atom is -0.373 e. The van der Waals surface area contributed by atoms with Gasteiger partial charge in [0.2, 0.25) is 0 Å². The minimum absolute atomic E-state index is 0.393. The monoisotopic (exact) mass is 180 g/mol. The molecule has 0 amide bonds. The molecule has 0 spiro atoms. The Hall–Kier alpha value is -0.530. The van der Waals surface area contributed by atoms with Crippen LogP contribution in [0.15, 0.2) is 4.99 Å². The first-order chi connectivity index (χ1) is 6.31. The van der Waals surface area contributed by atoms with Crippen LogP contribution >= 0.6 is 0 Å². The first-order valence-electron chi connectivity index (χ1n) is 5.60. The van der Waals surface area contributed by atoms with Crippen molar-refractivity contribution in [1.29, 1.82) is 0 Å². The third kappa shape index (κ3) is 1.87. The molecule has 0 atom stereocenters. The summed E-state index contributed by atoms with van der Waals surface area (Å²) >= 11 is 0. The predicted molar refractivity (Wildman–Crippen MR) is 56.1 cm³/mol. The maximum Gasteiger partial charge on any atom is 0.102 e. The van der Waals surface area contributed by atoms with Gasteiger partial charge >= 0.3 is 0 Å². The van der Waals surface area contributed by atoms with Gasteiger partial charge in [-0.25, -0.2) is 0 Å². The average Bonchev–Trinajstić information content (AvgIpc) is 2.44. The largest absolute Gasteiger partial charge is 0.373 e. The van der Waals surface area contributed by atoms with Crippen LogP contribution in [0.5, 0.6) is 0 Å². The first-order valence-corrected chi connectivity index (χ1v) is 5.60. The standard InChI is InChI=1S/C11H20N2/c1-11(6-2-3-7-11)10-12-8-4-5-9-13-10/h2-9H2,1H3,(H,12,13). The van der Waals surface area contributed by atoms with E-state index in [0.29, 0.717) is 5.41 Å². The molecule has 0 bridgehead atoms. The molecule has 2 rings (SSSR count). The van der Waals surface area contributed by atoms with Crippen molar-refractivity contribution in [3.05, 3.63) is 0 Å². The first kappa shape index (κ1) is 9.04. The molecule has 0 unspecified atom stereocenters. The van der Waals surface area contributed by atoms with Crippen LogP contribution in [0.2, 0.25) is 0 Å². The predicted octanol–water partition coefficient (Wildman–Crippen LogP) is 2.35. The Morgan fingerprint density at radius 2 is 1.92 bits per heavy atom. The smallest absolute Gasteiger partial charge is 0.102 e. The molecule has 2 nitrogen and oxygen atoms in total. The number of rotatable bonds is 1. The number of hydrogen-bond donors (Lipinski definition) is 1. The molecule has 0 saturated heterocycles. The minimum atomic E-state index is 0.393. The highest BCUT2D eigenvalue weighted by molar-refractivity contribution is 5.88. The van der Waals surface area contributed by atoms with Crippen molar-refractivity contribution in [3.8, 4) is 0 Å². The molecule has 0 radical (unpaired) electrons. The van der Waals surface area contributed by atoms with E-state index < -0.39 is 0 Å². The lowest BCUT2D eigenvalue weighted by Crippen LogP contribution is -2.37.